The Balaban J connectivity index is 2.37. The first-order chi connectivity index (χ1) is 13.4. The Kier molecular flexibility index (Phi) is 7.11. The average molecular weight is 417 g/mol. The Morgan fingerprint density at radius 2 is 1.52 bits per heavy atom. The average Bonchev–Trinajstić information content (AvgIpc) is 2.62. The van der Waals surface area contributed by atoms with Gasteiger partial charge in [0.1, 0.15) is 0 Å². The molecule has 0 aliphatic rings. The molecule has 1 amide bonds. The molecule has 2 aromatic rings. The Bertz CT molecular complexity index is 987. The molecule has 0 bridgehead atoms. The van der Waals surface area contributed by atoms with Gasteiger partial charge >= 0.3 is 0 Å². The quantitative estimate of drug-likeness (QED) is 0.679. The second-order valence-corrected chi connectivity index (χ2v) is 9.97. The van der Waals surface area contributed by atoms with Crippen molar-refractivity contribution in [3.63, 3.8) is 0 Å². The van der Waals surface area contributed by atoms with Crippen LogP contribution in [0, 0.1) is 32.6 Å². The first kappa shape index (κ1) is 22.9. The van der Waals surface area contributed by atoms with E-state index in [0.29, 0.717) is 16.8 Å². The van der Waals surface area contributed by atoms with Crippen molar-refractivity contribution in [3.8, 4) is 0 Å². The van der Waals surface area contributed by atoms with Gasteiger partial charge in [-0.15, -0.1) is 0 Å². The molecule has 2 rings (SSSR count). The third-order valence-corrected chi connectivity index (χ3v) is 6.83. The lowest BCUT2D eigenvalue weighted by molar-refractivity contribution is 0.0910. The number of amides is 1. The van der Waals surface area contributed by atoms with Gasteiger partial charge in [-0.3, -0.25) is 9.52 Å². The van der Waals surface area contributed by atoms with Crippen LogP contribution in [0.2, 0.25) is 0 Å². The molecule has 0 spiro atoms. The minimum Gasteiger partial charge on any atom is -0.349 e. The van der Waals surface area contributed by atoms with Gasteiger partial charge in [0, 0.05) is 11.6 Å². The van der Waals surface area contributed by atoms with Gasteiger partial charge in [0.05, 0.1) is 10.6 Å². The third-order valence-electron chi connectivity index (χ3n) is 5.32. The van der Waals surface area contributed by atoms with Crippen LogP contribution < -0.4 is 10.0 Å². The van der Waals surface area contributed by atoms with Crippen molar-refractivity contribution in [2.24, 2.45) is 11.8 Å². The molecule has 0 unspecified atom stereocenters. The minimum absolute atomic E-state index is 0.0110. The van der Waals surface area contributed by atoms with Crippen LogP contribution in [0.5, 0.6) is 0 Å². The van der Waals surface area contributed by atoms with E-state index in [1.54, 1.807) is 25.1 Å². The van der Waals surface area contributed by atoms with E-state index in [4.69, 9.17) is 0 Å². The maximum Gasteiger partial charge on any atom is 0.262 e. The Morgan fingerprint density at radius 3 is 2.10 bits per heavy atom. The van der Waals surface area contributed by atoms with Gasteiger partial charge in [-0.05, 0) is 67.5 Å². The van der Waals surface area contributed by atoms with Crippen LogP contribution in [0.25, 0.3) is 0 Å². The summed E-state index contributed by atoms with van der Waals surface area (Å²) in [7, 11) is -3.83. The fourth-order valence-electron chi connectivity index (χ4n) is 3.43. The molecule has 2 N–H and O–H groups in total. The van der Waals surface area contributed by atoms with Gasteiger partial charge in [-0.25, -0.2) is 8.42 Å². The summed E-state index contributed by atoms with van der Waals surface area (Å²) in [4.78, 5) is 12.9. The van der Waals surface area contributed by atoms with Gasteiger partial charge in [-0.2, -0.15) is 0 Å². The number of rotatable bonds is 7. The normalized spacial score (nSPS) is 11.9. The summed E-state index contributed by atoms with van der Waals surface area (Å²) in [6.07, 6.45) is 0. The first-order valence-corrected chi connectivity index (χ1v) is 11.4. The van der Waals surface area contributed by atoms with Gasteiger partial charge in [0.15, 0.2) is 0 Å². The molecule has 0 saturated heterocycles. The molecule has 6 heteroatoms. The van der Waals surface area contributed by atoms with E-state index < -0.39 is 10.0 Å². The predicted molar refractivity (Wildman–Crippen MR) is 119 cm³/mol. The summed E-state index contributed by atoms with van der Waals surface area (Å²) >= 11 is 0. The van der Waals surface area contributed by atoms with E-state index in [1.807, 2.05) is 26.0 Å². The van der Waals surface area contributed by atoms with Gasteiger partial charge in [0.2, 0.25) is 0 Å². The zero-order chi connectivity index (χ0) is 21.9. The number of hydrogen-bond acceptors (Lipinski definition) is 3. The second kappa shape index (κ2) is 8.99. The standard InChI is InChI=1S/C23H32N2O3S/c1-14(2)22(15(3)4)24-23(26)19-12-11-17(6)21(13-19)29(27,28)25-20-10-8-9-16(5)18(20)7/h8-15,22,25H,1-7H3,(H,24,26). The molecule has 0 aliphatic carbocycles. The molecule has 29 heavy (non-hydrogen) atoms. The molecule has 0 aliphatic heterocycles. The van der Waals surface area contributed by atoms with Crippen LogP contribution in [0.3, 0.4) is 0 Å². The zero-order valence-corrected chi connectivity index (χ0v) is 19.1. The Morgan fingerprint density at radius 1 is 0.897 bits per heavy atom. The first-order valence-electron chi connectivity index (χ1n) is 9.94. The van der Waals surface area contributed by atoms with Crippen molar-refractivity contribution in [2.45, 2.75) is 59.4 Å². The monoisotopic (exact) mass is 416 g/mol. The maximum absolute atomic E-state index is 13.1. The molecule has 0 aromatic heterocycles. The number of sulfonamides is 1. The van der Waals surface area contributed by atoms with E-state index >= 15 is 0 Å². The summed E-state index contributed by atoms with van der Waals surface area (Å²) in [5.41, 5.74) is 3.34. The van der Waals surface area contributed by atoms with Crippen LogP contribution in [0.15, 0.2) is 41.3 Å². The van der Waals surface area contributed by atoms with Crippen LogP contribution in [0.1, 0.15) is 54.7 Å². The summed E-state index contributed by atoms with van der Waals surface area (Å²) in [5.74, 6) is 0.290. The van der Waals surface area contributed by atoms with Crippen LogP contribution in [-0.2, 0) is 10.0 Å². The molecule has 0 atom stereocenters. The van der Waals surface area contributed by atoms with E-state index in [9.17, 15) is 13.2 Å². The van der Waals surface area contributed by atoms with Crippen molar-refractivity contribution >= 4 is 21.6 Å². The maximum atomic E-state index is 13.1. The highest BCUT2D eigenvalue weighted by atomic mass is 32.2. The molecule has 5 nitrogen and oxygen atoms in total. The lowest BCUT2D eigenvalue weighted by Gasteiger charge is -2.26. The fourth-order valence-corrected chi connectivity index (χ4v) is 4.82. The molecule has 158 valence electrons. The Hall–Kier alpha value is -2.34. The smallest absolute Gasteiger partial charge is 0.262 e. The van der Waals surface area contributed by atoms with Crippen molar-refractivity contribution in [1.82, 2.24) is 5.32 Å². The number of benzene rings is 2. The van der Waals surface area contributed by atoms with Gasteiger partial charge < -0.3 is 5.32 Å². The van der Waals surface area contributed by atoms with Crippen molar-refractivity contribution in [1.29, 1.82) is 0 Å². The van der Waals surface area contributed by atoms with Crippen molar-refractivity contribution < 1.29 is 13.2 Å². The third kappa shape index (κ3) is 5.38. The lowest BCUT2D eigenvalue weighted by Crippen LogP contribution is -2.42. The van der Waals surface area contributed by atoms with Crippen molar-refractivity contribution in [3.05, 3.63) is 58.7 Å². The van der Waals surface area contributed by atoms with E-state index in [2.05, 4.69) is 37.7 Å². The molecular formula is C23H32N2O3S. The highest BCUT2D eigenvalue weighted by Gasteiger charge is 2.23. The van der Waals surface area contributed by atoms with Crippen LogP contribution in [-0.4, -0.2) is 20.4 Å². The molecule has 2 aromatic carbocycles. The van der Waals surface area contributed by atoms with E-state index in [-0.39, 0.29) is 28.7 Å². The highest BCUT2D eigenvalue weighted by molar-refractivity contribution is 7.92. The van der Waals surface area contributed by atoms with Crippen molar-refractivity contribution in [2.75, 3.05) is 4.72 Å². The minimum atomic E-state index is -3.83. The number of anilines is 1. The second-order valence-electron chi connectivity index (χ2n) is 8.32. The molecule has 0 saturated carbocycles. The number of hydrogen-bond donors (Lipinski definition) is 2. The molecule has 0 heterocycles. The number of carbonyl (C=O) groups is 1. The number of carbonyl (C=O) groups excluding carboxylic acids is 1. The Labute approximate surface area is 175 Å². The summed E-state index contributed by atoms with van der Waals surface area (Å²) < 4.78 is 28.8. The number of nitrogens with one attached hydrogen (secondary N) is 2. The summed E-state index contributed by atoms with van der Waals surface area (Å²) in [6.45, 7) is 13.8. The summed E-state index contributed by atoms with van der Waals surface area (Å²) in [5, 5.41) is 3.04. The molecule has 0 radical (unpaired) electrons. The zero-order valence-electron chi connectivity index (χ0n) is 18.3. The fraction of sp³-hybridized carbons (Fsp3) is 0.435. The predicted octanol–water partition coefficient (Wildman–Crippen LogP) is 4.82. The SMILES string of the molecule is Cc1ccc(C(=O)NC(C(C)C)C(C)C)cc1S(=O)(=O)Nc1cccc(C)c1C. The van der Waals surface area contributed by atoms with Gasteiger partial charge in [0.25, 0.3) is 15.9 Å². The van der Waals surface area contributed by atoms with E-state index in [0.717, 1.165) is 11.1 Å². The summed E-state index contributed by atoms with van der Waals surface area (Å²) in [6, 6.07) is 10.3. The highest BCUT2D eigenvalue weighted by Crippen LogP contribution is 2.24. The van der Waals surface area contributed by atoms with Crippen LogP contribution >= 0.6 is 0 Å². The topological polar surface area (TPSA) is 75.3 Å². The van der Waals surface area contributed by atoms with E-state index in [1.165, 1.54) is 6.07 Å². The number of aryl methyl sites for hydroxylation is 2. The largest absolute Gasteiger partial charge is 0.349 e. The lowest BCUT2D eigenvalue weighted by atomic mass is 9.93. The molecular weight excluding hydrogens is 384 g/mol. The van der Waals surface area contributed by atoms with Crippen LogP contribution in [0.4, 0.5) is 5.69 Å². The molecule has 0 fully saturated rings. The van der Waals surface area contributed by atoms with Gasteiger partial charge in [-0.1, -0.05) is 45.9 Å².